The number of hydrogen-bond acceptors (Lipinski definition) is 3. The van der Waals surface area contributed by atoms with Gasteiger partial charge in [-0.1, -0.05) is 42.5 Å². The van der Waals surface area contributed by atoms with Crippen LogP contribution in [0.4, 0.5) is 0 Å². The number of aromatic amines is 1. The summed E-state index contributed by atoms with van der Waals surface area (Å²) >= 11 is 0. The van der Waals surface area contributed by atoms with Gasteiger partial charge in [-0.15, -0.1) is 0 Å². The molecular formula is C24H32N6. The summed E-state index contributed by atoms with van der Waals surface area (Å²) in [5.74, 6) is 1.93. The van der Waals surface area contributed by atoms with Gasteiger partial charge in [-0.05, 0) is 43.5 Å². The van der Waals surface area contributed by atoms with Crippen molar-refractivity contribution in [2.45, 2.75) is 38.3 Å². The van der Waals surface area contributed by atoms with Crippen molar-refractivity contribution in [2.75, 3.05) is 26.7 Å². The predicted molar refractivity (Wildman–Crippen MR) is 124 cm³/mol. The second-order valence-corrected chi connectivity index (χ2v) is 7.94. The molecule has 1 aromatic heterocycles. The van der Waals surface area contributed by atoms with Crippen LogP contribution in [-0.2, 0) is 13.0 Å². The molecule has 1 aliphatic rings. The summed E-state index contributed by atoms with van der Waals surface area (Å²) in [6, 6.07) is 19.5. The zero-order chi connectivity index (χ0) is 20.6. The van der Waals surface area contributed by atoms with Crippen molar-refractivity contribution in [3.05, 3.63) is 66.0 Å². The van der Waals surface area contributed by atoms with Gasteiger partial charge in [-0.3, -0.25) is 9.89 Å². The second kappa shape index (κ2) is 10.3. The molecule has 1 fully saturated rings. The quantitative estimate of drug-likeness (QED) is 0.306. The number of aliphatic imine (C=N–C) groups is 1. The molecule has 3 aromatic rings. The molecule has 0 amide bonds. The Labute approximate surface area is 178 Å². The summed E-state index contributed by atoms with van der Waals surface area (Å²) in [5, 5.41) is 6.96. The van der Waals surface area contributed by atoms with Crippen LogP contribution < -0.4 is 10.6 Å². The fraction of sp³-hybridized carbons (Fsp3) is 0.417. The number of hydrogen-bond donors (Lipinski definition) is 3. The van der Waals surface area contributed by atoms with Gasteiger partial charge in [-0.2, -0.15) is 0 Å². The summed E-state index contributed by atoms with van der Waals surface area (Å²) in [4.78, 5) is 15.0. The number of fused-ring (bicyclic) bond motifs is 1. The standard InChI is InChI=1S/C24H32N6/c1-25-24(26-15-7-14-23-28-21-12-5-6-13-22(21)29-23)27-17-20-11-8-16-30(20)18-19-9-3-2-4-10-19/h2-6,9-10,12-13,20H,7-8,11,14-18H2,1H3,(H,28,29)(H2,25,26,27). The summed E-state index contributed by atoms with van der Waals surface area (Å²) in [6.07, 6.45) is 4.43. The van der Waals surface area contributed by atoms with E-state index >= 15 is 0 Å². The van der Waals surface area contributed by atoms with E-state index in [1.807, 2.05) is 25.2 Å². The zero-order valence-electron chi connectivity index (χ0n) is 17.8. The average Bonchev–Trinajstić information content (AvgIpc) is 3.40. The summed E-state index contributed by atoms with van der Waals surface area (Å²) in [5.41, 5.74) is 3.53. The molecule has 4 rings (SSSR count). The van der Waals surface area contributed by atoms with Crippen LogP contribution in [0.2, 0.25) is 0 Å². The lowest BCUT2D eigenvalue weighted by atomic mass is 10.2. The molecule has 0 radical (unpaired) electrons. The molecule has 1 saturated heterocycles. The second-order valence-electron chi connectivity index (χ2n) is 7.94. The number of para-hydroxylation sites is 2. The first-order chi connectivity index (χ1) is 14.8. The Hall–Kier alpha value is -2.86. The number of imidazole rings is 1. The average molecular weight is 405 g/mol. The lowest BCUT2D eigenvalue weighted by molar-refractivity contribution is 0.245. The Kier molecular flexibility index (Phi) is 6.98. The van der Waals surface area contributed by atoms with E-state index in [1.54, 1.807) is 0 Å². The third-order valence-corrected chi connectivity index (χ3v) is 5.78. The highest BCUT2D eigenvalue weighted by molar-refractivity contribution is 5.79. The van der Waals surface area contributed by atoms with Gasteiger partial charge >= 0.3 is 0 Å². The number of nitrogens with one attached hydrogen (secondary N) is 3. The first kappa shape index (κ1) is 20.4. The van der Waals surface area contributed by atoms with E-state index in [4.69, 9.17) is 0 Å². The first-order valence-electron chi connectivity index (χ1n) is 11.0. The van der Waals surface area contributed by atoms with E-state index in [0.29, 0.717) is 6.04 Å². The van der Waals surface area contributed by atoms with Crippen LogP contribution in [0.1, 0.15) is 30.7 Å². The minimum Gasteiger partial charge on any atom is -0.356 e. The highest BCUT2D eigenvalue weighted by atomic mass is 15.2. The lowest BCUT2D eigenvalue weighted by Gasteiger charge is -2.25. The Bertz CT molecular complexity index is 915. The van der Waals surface area contributed by atoms with Crippen LogP contribution in [0, 0.1) is 0 Å². The number of H-pyrrole nitrogens is 1. The molecule has 1 atom stereocenters. The van der Waals surface area contributed by atoms with Crippen LogP contribution in [0.15, 0.2) is 59.6 Å². The Balaban J connectivity index is 1.19. The van der Waals surface area contributed by atoms with E-state index in [0.717, 1.165) is 55.3 Å². The van der Waals surface area contributed by atoms with Crippen molar-refractivity contribution in [2.24, 2.45) is 4.99 Å². The third kappa shape index (κ3) is 5.39. The third-order valence-electron chi connectivity index (χ3n) is 5.78. The van der Waals surface area contributed by atoms with Gasteiger partial charge < -0.3 is 15.6 Å². The molecule has 158 valence electrons. The first-order valence-corrected chi connectivity index (χ1v) is 11.0. The minimum atomic E-state index is 0.555. The Morgan fingerprint density at radius 3 is 2.80 bits per heavy atom. The maximum Gasteiger partial charge on any atom is 0.191 e. The number of nitrogens with zero attached hydrogens (tertiary/aromatic N) is 3. The molecule has 0 bridgehead atoms. The molecule has 0 aliphatic carbocycles. The normalized spacial score (nSPS) is 17.5. The molecule has 6 heteroatoms. The highest BCUT2D eigenvalue weighted by Crippen LogP contribution is 2.19. The van der Waals surface area contributed by atoms with Gasteiger partial charge in [-0.25, -0.2) is 4.98 Å². The largest absolute Gasteiger partial charge is 0.356 e. The Morgan fingerprint density at radius 2 is 1.97 bits per heavy atom. The van der Waals surface area contributed by atoms with Crippen LogP contribution in [0.25, 0.3) is 11.0 Å². The summed E-state index contributed by atoms with van der Waals surface area (Å²) in [7, 11) is 1.84. The van der Waals surface area contributed by atoms with Crippen molar-refractivity contribution < 1.29 is 0 Å². The molecular weight excluding hydrogens is 372 g/mol. The SMILES string of the molecule is CN=C(NCCCc1nc2ccccc2[nH]1)NCC1CCCN1Cc1ccccc1. The van der Waals surface area contributed by atoms with Gasteiger partial charge in [0.15, 0.2) is 5.96 Å². The van der Waals surface area contributed by atoms with Crippen molar-refractivity contribution in [3.8, 4) is 0 Å². The molecule has 1 unspecified atom stereocenters. The van der Waals surface area contributed by atoms with Crippen molar-refractivity contribution >= 4 is 17.0 Å². The van der Waals surface area contributed by atoms with Crippen molar-refractivity contribution in [3.63, 3.8) is 0 Å². The van der Waals surface area contributed by atoms with E-state index in [1.165, 1.54) is 24.9 Å². The van der Waals surface area contributed by atoms with Gasteiger partial charge in [0.05, 0.1) is 11.0 Å². The molecule has 2 aromatic carbocycles. The number of guanidine groups is 1. The molecule has 2 heterocycles. The van der Waals surface area contributed by atoms with Crippen molar-refractivity contribution in [1.29, 1.82) is 0 Å². The number of benzene rings is 2. The molecule has 0 saturated carbocycles. The van der Waals surface area contributed by atoms with E-state index in [-0.39, 0.29) is 0 Å². The summed E-state index contributed by atoms with van der Waals surface area (Å²) in [6.45, 7) is 3.99. The lowest BCUT2D eigenvalue weighted by Crippen LogP contribution is -2.45. The van der Waals surface area contributed by atoms with E-state index < -0.39 is 0 Å². The molecule has 30 heavy (non-hydrogen) atoms. The predicted octanol–water partition coefficient (Wildman–Crippen LogP) is 3.33. The number of rotatable bonds is 8. The molecule has 6 nitrogen and oxygen atoms in total. The van der Waals surface area contributed by atoms with Gasteiger partial charge in [0, 0.05) is 39.1 Å². The topological polar surface area (TPSA) is 68.3 Å². The van der Waals surface area contributed by atoms with Crippen LogP contribution >= 0.6 is 0 Å². The highest BCUT2D eigenvalue weighted by Gasteiger charge is 2.24. The maximum atomic E-state index is 4.65. The van der Waals surface area contributed by atoms with Crippen LogP contribution in [-0.4, -0.2) is 53.6 Å². The smallest absolute Gasteiger partial charge is 0.191 e. The maximum absolute atomic E-state index is 4.65. The monoisotopic (exact) mass is 404 g/mol. The van der Waals surface area contributed by atoms with Crippen molar-refractivity contribution in [1.82, 2.24) is 25.5 Å². The van der Waals surface area contributed by atoms with Gasteiger partial charge in [0.2, 0.25) is 0 Å². The van der Waals surface area contributed by atoms with Gasteiger partial charge in [0.25, 0.3) is 0 Å². The fourth-order valence-electron chi connectivity index (χ4n) is 4.17. The number of likely N-dealkylation sites (tertiary alicyclic amines) is 1. The minimum absolute atomic E-state index is 0.555. The summed E-state index contributed by atoms with van der Waals surface area (Å²) < 4.78 is 0. The molecule has 0 spiro atoms. The zero-order valence-corrected chi connectivity index (χ0v) is 17.8. The Morgan fingerprint density at radius 1 is 1.13 bits per heavy atom. The van der Waals surface area contributed by atoms with E-state index in [9.17, 15) is 0 Å². The van der Waals surface area contributed by atoms with Crippen LogP contribution in [0.3, 0.4) is 0 Å². The number of aromatic nitrogens is 2. The van der Waals surface area contributed by atoms with Crippen LogP contribution in [0.5, 0.6) is 0 Å². The molecule has 3 N–H and O–H groups in total. The van der Waals surface area contributed by atoms with Gasteiger partial charge in [0.1, 0.15) is 5.82 Å². The molecule has 1 aliphatic heterocycles. The fourth-order valence-corrected chi connectivity index (χ4v) is 4.17. The van der Waals surface area contributed by atoms with E-state index in [2.05, 4.69) is 66.9 Å². The number of aryl methyl sites for hydroxylation is 1.